The number of hydrogen-bond acceptors (Lipinski definition) is 4. The van der Waals surface area contributed by atoms with Crippen molar-refractivity contribution >= 4 is 0 Å². The van der Waals surface area contributed by atoms with Crippen molar-refractivity contribution < 1.29 is 0 Å². The van der Waals surface area contributed by atoms with Gasteiger partial charge in [-0.2, -0.15) is 0 Å². The maximum absolute atomic E-state index is 4.30. The lowest BCUT2D eigenvalue weighted by Crippen LogP contribution is -2.22. The van der Waals surface area contributed by atoms with Gasteiger partial charge in [-0.25, -0.2) is 0 Å². The quantitative estimate of drug-likeness (QED) is 0.908. The lowest BCUT2D eigenvalue weighted by Gasteiger charge is -2.17. The van der Waals surface area contributed by atoms with Gasteiger partial charge in [-0.1, -0.05) is 0 Å². The number of rotatable bonds is 4. The van der Waals surface area contributed by atoms with Crippen molar-refractivity contribution in [3.8, 4) is 0 Å². The lowest BCUT2D eigenvalue weighted by molar-refractivity contribution is 0.484. The highest BCUT2D eigenvalue weighted by Gasteiger charge is 2.16. The smallest absolute Gasteiger partial charge is 0.147 e. The molecule has 0 unspecified atom stereocenters. The van der Waals surface area contributed by atoms with E-state index in [9.17, 15) is 0 Å². The topological polar surface area (TPSA) is 55.6 Å². The van der Waals surface area contributed by atoms with Gasteiger partial charge < -0.3 is 9.88 Å². The molecule has 1 aliphatic rings. The third kappa shape index (κ3) is 2.66. The van der Waals surface area contributed by atoms with E-state index in [4.69, 9.17) is 0 Å². The number of pyridine rings is 1. The summed E-state index contributed by atoms with van der Waals surface area (Å²) in [5.41, 5.74) is 1.24. The van der Waals surface area contributed by atoms with Gasteiger partial charge in [-0.05, 0) is 37.5 Å². The van der Waals surface area contributed by atoms with Crippen molar-refractivity contribution in [1.29, 1.82) is 0 Å². The number of nitrogens with one attached hydrogen (secondary N) is 1. The van der Waals surface area contributed by atoms with E-state index in [2.05, 4.69) is 32.0 Å². The molecule has 0 fully saturated rings. The number of fused-ring (bicyclic) bond motifs is 1. The molecular weight excluding hydrogens is 238 g/mol. The van der Waals surface area contributed by atoms with Gasteiger partial charge in [0.15, 0.2) is 0 Å². The summed E-state index contributed by atoms with van der Waals surface area (Å²) < 4.78 is 2.26. The van der Waals surface area contributed by atoms with Gasteiger partial charge in [0.1, 0.15) is 11.6 Å². The van der Waals surface area contributed by atoms with Crippen LogP contribution in [-0.4, -0.2) is 19.7 Å². The molecule has 0 spiro atoms. The minimum absolute atomic E-state index is 0.291. The molecule has 0 aliphatic carbocycles. The van der Waals surface area contributed by atoms with E-state index in [0.717, 1.165) is 31.2 Å². The average molecular weight is 257 g/mol. The zero-order valence-corrected chi connectivity index (χ0v) is 11.2. The number of hydrogen-bond donors (Lipinski definition) is 1. The molecule has 5 nitrogen and oxygen atoms in total. The normalized spacial score (nSPS) is 16.1. The Bertz CT molecular complexity index is 534. The minimum Gasteiger partial charge on any atom is -0.314 e. The Kier molecular flexibility index (Phi) is 3.55. The van der Waals surface area contributed by atoms with Gasteiger partial charge in [0.05, 0.1) is 6.54 Å². The van der Waals surface area contributed by atoms with Crippen LogP contribution in [0.25, 0.3) is 0 Å². The van der Waals surface area contributed by atoms with Crippen LogP contribution in [0.4, 0.5) is 0 Å². The van der Waals surface area contributed by atoms with Gasteiger partial charge in [-0.15, -0.1) is 10.2 Å². The Balaban J connectivity index is 1.65. The molecule has 19 heavy (non-hydrogen) atoms. The van der Waals surface area contributed by atoms with Crippen molar-refractivity contribution in [2.24, 2.45) is 0 Å². The van der Waals surface area contributed by atoms with Crippen molar-refractivity contribution in [3.63, 3.8) is 0 Å². The fraction of sp³-hybridized carbons (Fsp3) is 0.500. The molecule has 0 saturated heterocycles. The van der Waals surface area contributed by atoms with Crippen molar-refractivity contribution in [3.05, 3.63) is 41.7 Å². The molecule has 1 N–H and O–H groups in total. The third-order valence-electron chi connectivity index (χ3n) is 3.71. The molecule has 0 aromatic carbocycles. The first-order valence-corrected chi connectivity index (χ1v) is 6.89. The standard InChI is InChI=1S/C14H19N5/c1-11(12-5-7-15-8-6-12)16-10-14-18-17-13-4-2-3-9-19(13)14/h5-8,11,16H,2-4,9-10H2,1H3/t11-/m1/s1. The Hall–Kier alpha value is -1.75. The Labute approximate surface area is 113 Å². The molecule has 3 heterocycles. The molecule has 2 aromatic heterocycles. The van der Waals surface area contributed by atoms with Crippen LogP contribution in [0.2, 0.25) is 0 Å². The summed E-state index contributed by atoms with van der Waals surface area (Å²) in [6.45, 7) is 3.97. The predicted octanol–water partition coefficient (Wildman–Crippen LogP) is 1.86. The highest BCUT2D eigenvalue weighted by Crippen LogP contribution is 2.15. The first-order chi connectivity index (χ1) is 9.34. The van der Waals surface area contributed by atoms with Gasteiger partial charge in [0.25, 0.3) is 0 Å². The molecule has 5 heteroatoms. The van der Waals surface area contributed by atoms with Crippen LogP contribution in [0.15, 0.2) is 24.5 Å². The predicted molar refractivity (Wildman–Crippen MR) is 72.5 cm³/mol. The SMILES string of the molecule is C[C@@H](NCc1nnc2n1CCCC2)c1ccncc1. The first-order valence-electron chi connectivity index (χ1n) is 6.89. The largest absolute Gasteiger partial charge is 0.314 e. The molecule has 3 rings (SSSR count). The second-order valence-electron chi connectivity index (χ2n) is 5.02. The molecule has 2 aromatic rings. The highest BCUT2D eigenvalue weighted by molar-refractivity contribution is 5.14. The maximum atomic E-state index is 4.30. The van der Waals surface area contributed by atoms with Crippen LogP contribution in [0.1, 0.15) is 43.0 Å². The molecule has 0 amide bonds. The summed E-state index contributed by atoms with van der Waals surface area (Å²) in [5.74, 6) is 2.19. The average Bonchev–Trinajstić information content (AvgIpc) is 2.89. The molecule has 0 bridgehead atoms. The summed E-state index contributed by atoms with van der Waals surface area (Å²) >= 11 is 0. The van der Waals surface area contributed by atoms with E-state index in [1.54, 1.807) is 0 Å². The third-order valence-corrected chi connectivity index (χ3v) is 3.71. The highest BCUT2D eigenvalue weighted by atomic mass is 15.3. The fourth-order valence-corrected chi connectivity index (χ4v) is 2.51. The zero-order valence-electron chi connectivity index (χ0n) is 11.2. The summed E-state index contributed by atoms with van der Waals surface area (Å²) in [4.78, 5) is 4.04. The van der Waals surface area contributed by atoms with Crippen molar-refractivity contribution in [2.75, 3.05) is 0 Å². The second kappa shape index (κ2) is 5.48. The number of nitrogens with zero attached hydrogens (tertiary/aromatic N) is 4. The molecular formula is C14H19N5. The van der Waals surface area contributed by atoms with Crippen molar-refractivity contribution in [2.45, 2.75) is 45.3 Å². The van der Waals surface area contributed by atoms with Crippen LogP contribution >= 0.6 is 0 Å². The van der Waals surface area contributed by atoms with Crippen LogP contribution < -0.4 is 5.32 Å². The van der Waals surface area contributed by atoms with Gasteiger partial charge >= 0.3 is 0 Å². The molecule has 100 valence electrons. The Morgan fingerprint density at radius 2 is 2.11 bits per heavy atom. The summed E-state index contributed by atoms with van der Waals surface area (Å²) in [6, 6.07) is 4.37. The van der Waals surface area contributed by atoms with Crippen LogP contribution in [0, 0.1) is 0 Å². The summed E-state index contributed by atoms with van der Waals surface area (Å²) in [7, 11) is 0. The Morgan fingerprint density at radius 1 is 1.26 bits per heavy atom. The number of aromatic nitrogens is 4. The summed E-state index contributed by atoms with van der Waals surface area (Å²) in [5, 5.41) is 12.1. The molecule has 0 radical (unpaired) electrons. The van der Waals surface area contributed by atoms with Crippen LogP contribution in [0.3, 0.4) is 0 Å². The van der Waals surface area contributed by atoms with Gasteiger partial charge in [0.2, 0.25) is 0 Å². The van der Waals surface area contributed by atoms with E-state index < -0.39 is 0 Å². The molecule has 1 atom stereocenters. The van der Waals surface area contributed by atoms with E-state index in [-0.39, 0.29) is 0 Å². The zero-order chi connectivity index (χ0) is 13.1. The van der Waals surface area contributed by atoms with Gasteiger partial charge in [0, 0.05) is 31.4 Å². The van der Waals surface area contributed by atoms with E-state index >= 15 is 0 Å². The molecule has 1 aliphatic heterocycles. The number of aryl methyl sites for hydroxylation is 1. The van der Waals surface area contributed by atoms with E-state index in [1.807, 2.05) is 24.5 Å². The summed E-state index contributed by atoms with van der Waals surface area (Å²) in [6.07, 6.45) is 7.18. The minimum atomic E-state index is 0.291. The van der Waals surface area contributed by atoms with Crippen LogP contribution in [-0.2, 0) is 19.5 Å². The lowest BCUT2D eigenvalue weighted by atomic mass is 10.1. The van der Waals surface area contributed by atoms with Crippen LogP contribution in [0.5, 0.6) is 0 Å². The second-order valence-corrected chi connectivity index (χ2v) is 5.02. The fourth-order valence-electron chi connectivity index (χ4n) is 2.51. The molecule has 0 saturated carbocycles. The van der Waals surface area contributed by atoms with E-state index in [1.165, 1.54) is 18.4 Å². The van der Waals surface area contributed by atoms with E-state index in [0.29, 0.717) is 6.04 Å². The first kappa shape index (κ1) is 12.3. The van der Waals surface area contributed by atoms with Crippen molar-refractivity contribution in [1.82, 2.24) is 25.1 Å². The Morgan fingerprint density at radius 3 is 2.95 bits per heavy atom. The van der Waals surface area contributed by atoms with Gasteiger partial charge in [-0.3, -0.25) is 4.98 Å². The monoisotopic (exact) mass is 257 g/mol. The maximum Gasteiger partial charge on any atom is 0.147 e.